The number of para-hydroxylation sites is 1. The molecule has 0 aliphatic heterocycles. The number of benzene rings is 2. The highest BCUT2D eigenvalue weighted by molar-refractivity contribution is 6.32. The molecule has 31 heavy (non-hydrogen) atoms. The molecule has 6 nitrogen and oxygen atoms in total. The van der Waals surface area contributed by atoms with Crippen LogP contribution in [0.5, 0.6) is 0 Å². The van der Waals surface area contributed by atoms with Gasteiger partial charge in [0.2, 0.25) is 0 Å². The third-order valence-corrected chi connectivity index (χ3v) is 5.39. The summed E-state index contributed by atoms with van der Waals surface area (Å²) in [5, 5.41) is 4.05. The van der Waals surface area contributed by atoms with E-state index in [2.05, 4.69) is 10.3 Å². The number of carbonyl (C=O) groups excluding carboxylic acids is 2. The monoisotopic (exact) mass is 434 g/mol. The molecule has 0 radical (unpaired) electrons. The lowest BCUT2D eigenvalue weighted by Crippen LogP contribution is -2.34. The number of aromatic nitrogens is 1. The highest BCUT2D eigenvalue weighted by atomic mass is 35.5. The van der Waals surface area contributed by atoms with E-state index in [9.17, 15) is 9.59 Å². The molecule has 1 unspecified atom stereocenters. The number of amides is 1. The first-order valence-corrected chi connectivity index (χ1v) is 10.0. The Hall–Kier alpha value is -3.64. The number of furan rings is 1. The van der Waals surface area contributed by atoms with Crippen molar-refractivity contribution in [1.29, 1.82) is 0 Å². The number of pyridine rings is 1. The second-order valence-corrected chi connectivity index (χ2v) is 7.29. The molecule has 0 bridgehead atoms. The molecule has 2 heterocycles. The normalized spacial score (nSPS) is 11.8. The molecule has 4 aromatic rings. The van der Waals surface area contributed by atoms with Gasteiger partial charge in [-0.25, -0.2) is 9.78 Å². The molecule has 2 aromatic heterocycles. The summed E-state index contributed by atoms with van der Waals surface area (Å²) in [7, 11) is 0. The van der Waals surface area contributed by atoms with Crippen molar-refractivity contribution in [3.63, 3.8) is 0 Å². The van der Waals surface area contributed by atoms with E-state index in [0.717, 1.165) is 16.5 Å². The van der Waals surface area contributed by atoms with E-state index in [1.165, 1.54) is 12.3 Å². The average Bonchev–Trinajstić information content (AvgIpc) is 3.34. The van der Waals surface area contributed by atoms with Gasteiger partial charge in [-0.1, -0.05) is 60.1 Å². The van der Waals surface area contributed by atoms with Crippen molar-refractivity contribution >= 4 is 34.4 Å². The number of carbonyl (C=O) groups is 2. The van der Waals surface area contributed by atoms with Gasteiger partial charge in [0.1, 0.15) is 6.61 Å². The molecule has 4 rings (SSSR count). The van der Waals surface area contributed by atoms with Crippen LogP contribution < -0.4 is 5.32 Å². The predicted molar refractivity (Wildman–Crippen MR) is 117 cm³/mol. The smallest absolute Gasteiger partial charge is 0.333 e. The number of ether oxygens (including phenoxy) is 1. The lowest BCUT2D eigenvalue weighted by atomic mass is 10.1. The van der Waals surface area contributed by atoms with Gasteiger partial charge in [0, 0.05) is 5.39 Å². The second-order valence-electron chi connectivity index (χ2n) is 6.92. The van der Waals surface area contributed by atoms with Gasteiger partial charge in [0.25, 0.3) is 5.91 Å². The summed E-state index contributed by atoms with van der Waals surface area (Å²) < 4.78 is 10.6. The summed E-state index contributed by atoms with van der Waals surface area (Å²) in [6.45, 7) is 1.78. The first-order chi connectivity index (χ1) is 15.0. The van der Waals surface area contributed by atoms with Crippen molar-refractivity contribution in [2.24, 2.45) is 0 Å². The Labute approximate surface area is 183 Å². The van der Waals surface area contributed by atoms with Gasteiger partial charge in [-0.2, -0.15) is 0 Å². The fourth-order valence-electron chi connectivity index (χ4n) is 3.27. The van der Waals surface area contributed by atoms with Crippen LogP contribution in [-0.4, -0.2) is 16.9 Å². The zero-order valence-electron chi connectivity index (χ0n) is 16.7. The summed E-state index contributed by atoms with van der Waals surface area (Å²) in [4.78, 5) is 29.9. The van der Waals surface area contributed by atoms with E-state index in [4.69, 9.17) is 20.8 Å². The summed E-state index contributed by atoms with van der Waals surface area (Å²) in [5.41, 5.74) is 2.67. The van der Waals surface area contributed by atoms with Crippen LogP contribution >= 0.6 is 11.6 Å². The molecule has 0 saturated heterocycles. The Morgan fingerprint density at radius 2 is 1.81 bits per heavy atom. The number of hydrogen-bond donors (Lipinski definition) is 1. The summed E-state index contributed by atoms with van der Waals surface area (Å²) in [6.07, 6.45) is 1.39. The highest BCUT2D eigenvalue weighted by Gasteiger charge is 2.26. The Kier molecular flexibility index (Phi) is 6.00. The summed E-state index contributed by atoms with van der Waals surface area (Å²) in [6, 6.07) is 18.6. The van der Waals surface area contributed by atoms with Crippen molar-refractivity contribution < 1.29 is 18.7 Å². The molecule has 0 aliphatic rings. The Bertz CT molecular complexity index is 1220. The quantitative estimate of drug-likeness (QED) is 0.432. The third-order valence-electron chi connectivity index (χ3n) is 4.89. The van der Waals surface area contributed by atoms with Crippen molar-refractivity contribution in [3.05, 3.63) is 101 Å². The lowest BCUT2D eigenvalue weighted by molar-refractivity contribution is -0.147. The van der Waals surface area contributed by atoms with E-state index in [1.54, 1.807) is 30.3 Å². The van der Waals surface area contributed by atoms with E-state index in [1.807, 2.05) is 37.3 Å². The number of nitrogens with one attached hydrogen (secondary N) is 1. The maximum Gasteiger partial charge on any atom is 0.333 e. The molecule has 1 N–H and O–H groups in total. The number of halogens is 1. The van der Waals surface area contributed by atoms with Crippen molar-refractivity contribution in [1.82, 2.24) is 10.3 Å². The maximum atomic E-state index is 12.9. The Morgan fingerprint density at radius 3 is 2.55 bits per heavy atom. The molecular weight excluding hydrogens is 416 g/mol. The van der Waals surface area contributed by atoms with Gasteiger partial charge >= 0.3 is 5.97 Å². The Balaban J connectivity index is 1.56. The lowest BCUT2D eigenvalue weighted by Gasteiger charge is -2.18. The molecule has 0 fully saturated rings. The van der Waals surface area contributed by atoms with Crippen molar-refractivity contribution in [2.45, 2.75) is 19.6 Å². The van der Waals surface area contributed by atoms with Crippen LogP contribution in [0.2, 0.25) is 5.02 Å². The first kappa shape index (κ1) is 20.6. The molecule has 0 aliphatic carbocycles. The van der Waals surface area contributed by atoms with E-state index >= 15 is 0 Å². The number of fused-ring (bicyclic) bond motifs is 1. The van der Waals surface area contributed by atoms with Gasteiger partial charge in [0.05, 0.1) is 22.5 Å². The summed E-state index contributed by atoms with van der Waals surface area (Å²) in [5.74, 6) is -1.05. The molecule has 2 aromatic carbocycles. The first-order valence-electron chi connectivity index (χ1n) is 9.64. The van der Waals surface area contributed by atoms with Crippen LogP contribution in [0.4, 0.5) is 0 Å². The van der Waals surface area contributed by atoms with Crippen LogP contribution in [-0.2, 0) is 16.1 Å². The van der Waals surface area contributed by atoms with Gasteiger partial charge in [-0.3, -0.25) is 4.79 Å². The van der Waals surface area contributed by atoms with Crippen LogP contribution in [0.25, 0.3) is 10.9 Å². The van der Waals surface area contributed by atoms with Crippen LogP contribution in [0.15, 0.2) is 77.4 Å². The van der Waals surface area contributed by atoms with Crippen molar-refractivity contribution in [2.75, 3.05) is 0 Å². The molecule has 7 heteroatoms. The summed E-state index contributed by atoms with van der Waals surface area (Å²) >= 11 is 6.47. The number of esters is 1. The van der Waals surface area contributed by atoms with Crippen LogP contribution in [0.1, 0.15) is 33.4 Å². The van der Waals surface area contributed by atoms with Gasteiger partial charge in [-0.05, 0) is 36.2 Å². The highest BCUT2D eigenvalue weighted by Crippen LogP contribution is 2.27. The van der Waals surface area contributed by atoms with E-state index in [-0.39, 0.29) is 12.4 Å². The van der Waals surface area contributed by atoms with Crippen LogP contribution in [0.3, 0.4) is 0 Å². The van der Waals surface area contributed by atoms with Gasteiger partial charge in [0.15, 0.2) is 11.8 Å². The fourth-order valence-corrected chi connectivity index (χ4v) is 3.47. The van der Waals surface area contributed by atoms with E-state index < -0.39 is 17.9 Å². The number of aryl methyl sites for hydroxylation is 1. The minimum atomic E-state index is -1.01. The average molecular weight is 435 g/mol. The fraction of sp³-hybridized carbons (Fsp3) is 0.125. The third kappa shape index (κ3) is 4.44. The maximum absolute atomic E-state index is 12.9. The predicted octanol–water partition coefficient (Wildman–Crippen LogP) is 5.00. The molecular formula is C24H19ClN2O4. The largest absolute Gasteiger partial charge is 0.459 e. The van der Waals surface area contributed by atoms with E-state index in [0.29, 0.717) is 16.3 Å². The van der Waals surface area contributed by atoms with Gasteiger partial charge < -0.3 is 14.5 Å². The van der Waals surface area contributed by atoms with Crippen LogP contribution in [0, 0.1) is 6.92 Å². The minimum absolute atomic E-state index is 0.101. The zero-order chi connectivity index (χ0) is 21.8. The minimum Gasteiger partial charge on any atom is -0.459 e. The number of nitrogens with zero attached hydrogens (tertiary/aromatic N) is 1. The van der Waals surface area contributed by atoms with Gasteiger partial charge in [-0.15, -0.1) is 0 Å². The number of hydrogen-bond acceptors (Lipinski definition) is 5. The molecule has 0 spiro atoms. The standard InChI is InChI=1S/C24H19ClN2O4/c1-15-17-10-5-6-11-18(17)26-19(21(15)25)14-31-24(29)22(16-8-3-2-4-9-16)27-23(28)20-12-7-13-30-20/h2-13,22H,14H2,1H3,(H,27,28). The Morgan fingerprint density at radius 1 is 1.06 bits per heavy atom. The topological polar surface area (TPSA) is 81.4 Å². The molecule has 0 saturated carbocycles. The molecule has 156 valence electrons. The molecule has 1 atom stereocenters. The second kappa shape index (κ2) is 9.02. The van der Waals surface area contributed by atoms with Crippen molar-refractivity contribution in [3.8, 4) is 0 Å². The number of rotatable bonds is 6. The SMILES string of the molecule is Cc1c(Cl)c(COC(=O)C(NC(=O)c2ccco2)c2ccccc2)nc2ccccc12. The molecule has 1 amide bonds. The zero-order valence-corrected chi connectivity index (χ0v) is 17.4.